The first-order valence-electron chi connectivity index (χ1n) is 17.1. The smallest absolute Gasteiger partial charge is 0.406 e. The number of hydrogen-bond acceptors (Lipinski definition) is 8. The number of carbonyl (C=O) groups excluding carboxylic acids is 2. The lowest BCUT2D eigenvalue weighted by atomic mass is 9.84. The number of benzene rings is 1. The minimum absolute atomic E-state index is 0.148. The number of esters is 1. The van der Waals surface area contributed by atoms with Gasteiger partial charge >= 0.3 is 12.1 Å². The molecule has 3 heterocycles. The predicted molar refractivity (Wildman–Crippen MR) is 189 cm³/mol. The molecule has 0 spiro atoms. The summed E-state index contributed by atoms with van der Waals surface area (Å²) in [5.74, 6) is -0.397. The monoisotopic (exact) mass is 691 g/mol. The Labute approximate surface area is 289 Å². The average molecular weight is 692 g/mol. The van der Waals surface area contributed by atoms with Crippen molar-refractivity contribution in [3.63, 3.8) is 0 Å². The molecule has 0 aliphatic carbocycles. The summed E-state index contributed by atoms with van der Waals surface area (Å²) in [5, 5.41) is 0.729. The van der Waals surface area contributed by atoms with E-state index in [1.54, 1.807) is 30.5 Å². The maximum Gasteiger partial charge on any atom is 0.406 e. The van der Waals surface area contributed by atoms with Gasteiger partial charge in [-0.3, -0.25) is 20.6 Å². The molecule has 1 atom stereocenters. The summed E-state index contributed by atoms with van der Waals surface area (Å²) in [5.41, 5.74) is 8.40. The highest BCUT2D eigenvalue weighted by Gasteiger charge is 2.34. The normalized spacial score (nSPS) is 14.1. The molecule has 0 amide bonds. The Morgan fingerprint density at radius 2 is 1.71 bits per heavy atom. The highest BCUT2D eigenvalue weighted by atomic mass is 19.4. The number of methoxy groups -OCH3 is 1. The van der Waals surface area contributed by atoms with E-state index in [0.717, 1.165) is 17.5 Å². The van der Waals surface area contributed by atoms with Gasteiger partial charge in [-0.2, -0.15) is 13.2 Å². The van der Waals surface area contributed by atoms with Crippen LogP contribution in [-0.4, -0.2) is 80.3 Å². The molecule has 0 bridgehead atoms. The lowest BCUT2D eigenvalue weighted by Crippen LogP contribution is -2.28. The Kier molecular flexibility index (Phi) is 18.0. The van der Waals surface area contributed by atoms with Gasteiger partial charge in [0.2, 0.25) is 0 Å². The quantitative estimate of drug-likeness (QED) is 0.0919. The first-order valence-corrected chi connectivity index (χ1v) is 17.1. The first-order chi connectivity index (χ1) is 23.4. The van der Waals surface area contributed by atoms with Gasteiger partial charge in [-0.15, -0.1) is 0 Å². The number of hydrogen-bond donors (Lipinski definition) is 2. The van der Waals surface area contributed by atoms with Gasteiger partial charge in [0.1, 0.15) is 13.3 Å². The Balaban J connectivity index is 0.000000435. The number of unbranched alkanes of at least 4 members (excludes halogenated alkanes) is 3. The van der Waals surface area contributed by atoms with Crippen LogP contribution < -0.4 is 10.9 Å². The molecule has 9 nitrogen and oxygen atoms in total. The van der Waals surface area contributed by atoms with Crippen LogP contribution in [0.1, 0.15) is 83.6 Å². The van der Waals surface area contributed by atoms with Gasteiger partial charge < -0.3 is 23.7 Å². The molecule has 1 aliphatic heterocycles. The second-order valence-electron chi connectivity index (χ2n) is 13.1. The second kappa shape index (κ2) is 21.0. The molecule has 1 saturated heterocycles. The number of aromatic nitrogens is 2. The van der Waals surface area contributed by atoms with Crippen LogP contribution in [0, 0.1) is 5.41 Å². The molecule has 1 aromatic carbocycles. The Hall–Kier alpha value is -3.32. The summed E-state index contributed by atoms with van der Waals surface area (Å²) in [6.07, 6.45) is 5.45. The number of rotatable bonds is 16. The van der Waals surface area contributed by atoms with Crippen LogP contribution in [-0.2, 0) is 32.0 Å². The minimum Gasteiger partial charge on any atom is -0.465 e. The lowest BCUT2D eigenvalue weighted by Gasteiger charge is -2.25. The number of ether oxygens (including phenoxy) is 2. The van der Waals surface area contributed by atoms with Crippen molar-refractivity contribution >= 4 is 23.7 Å². The number of fused-ring (bicyclic) bond motifs is 1. The Morgan fingerprint density at radius 3 is 2.35 bits per heavy atom. The number of hydrazine groups is 1. The van der Waals surface area contributed by atoms with Crippen molar-refractivity contribution in [2.45, 2.75) is 91.5 Å². The zero-order valence-corrected chi connectivity index (χ0v) is 30.1. The minimum atomic E-state index is -4.42. The fraction of sp³-hybridized carbons (Fsp3) is 0.595. The van der Waals surface area contributed by atoms with Gasteiger partial charge in [0.25, 0.3) is 0 Å². The molecular formula is C37H56F3N5O4. The Bertz CT molecular complexity index is 1410. The van der Waals surface area contributed by atoms with E-state index in [9.17, 15) is 18.0 Å². The van der Waals surface area contributed by atoms with Crippen molar-refractivity contribution in [1.29, 1.82) is 0 Å². The molecular weight excluding hydrogens is 635 g/mol. The number of nitrogens with zero attached hydrogens (tertiary/aromatic N) is 3. The number of halogens is 3. The van der Waals surface area contributed by atoms with Crippen LogP contribution in [0.2, 0.25) is 0 Å². The van der Waals surface area contributed by atoms with Gasteiger partial charge in [-0.05, 0) is 89.5 Å². The molecule has 0 saturated carbocycles. The molecule has 1 fully saturated rings. The number of likely N-dealkylation sites (tertiary alicyclic amines) is 1. The summed E-state index contributed by atoms with van der Waals surface area (Å²) in [6, 6.07) is 10.6. The lowest BCUT2D eigenvalue weighted by molar-refractivity contribution is -0.144. The van der Waals surface area contributed by atoms with Gasteiger partial charge in [-0.25, -0.2) is 0 Å². The van der Waals surface area contributed by atoms with Gasteiger partial charge in [-0.1, -0.05) is 44.9 Å². The summed E-state index contributed by atoms with van der Waals surface area (Å²) in [4.78, 5) is 26.4. The van der Waals surface area contributed by atoms with Crippen molar-refractivity contribution in [1.82, 2.24) is 25.3 Å². The largest absolute Gasteiger partial charge is 0.465 e. The third kappa shape index (κ3) is 13.8. The van der Waals surface area contributed by atoms with Gasteiger partial charge in [0.05, 0.1) is 24.1 Å². The van der Waals surface area contributed by atoms with E-state index in [1.807, 2.05) is 46.7 Å². The topological polar surface area (TPSA) is 97.7 Å². The van der Waals surface area contributed by atoms with Crippen molar-refractivity contribution in [2.75, 3.05) is 46.9 Å². The fourth-order valence-electron chi connectivity index (χ4n) is 6.12. The van der Waals surface area contributed by atoms with Crippen LogP contribution in [0.5, 0.6) is 0 Å². The van der Waals surface area contributed by atoms with E-state index < -0.39 is 30.2 Å². The van der Waals surface area contributed by atoms with E-state index in [0.29, 0.717) is 28.9 Å². The summed E-state index contributed by atoms with van der Waals surface area (Å²) in [6.45, 7) is 13.1. The SMILES string of the molecule is C=O.CNNCCCCCCN1CCCC1.COC(C)c1ncccc1-c1c(CC(C)(C)COC(C)=O)c2ccccc2n1CC(F)(F)F. The van der Waals surface area contributed by atoms with Crippen molar-refractivity contribution in [3.8, 4) is 11.3 Å². The second-order valence-corrected chi connectivity index (χ2v) is 13.1. The molecule has 1 aliphatic rings. The third-order valence-electron chi connectivity index (χ3n) is 8.47. The molecule has 4 rings (SSSR count). The summed E-state index contributed by atoms with van der Waals surface area (Å²) in [7, 11) is 3.46. The number of nitrogens with one attached hydrogen (secondary N) is 2. The molecule has 3 aromatic rings. The van der Waals surface area contributed by atoms with Crippen molar-refractivity contribution in [2.24, 2.45) is 5.41 Å². The van der Waals surface area contributed by atoms with Crippen LogP contribution >= 0.6 is 0 Å². The number of pyridine rings is 1. The molecule has 49 heavy (non-hydrogen) atoms. The van der Waals surface area contributed by atoms with Crippen LogP contribution in [0.15, 0.2) is 42.6 Å². The van der Waals surface area contributed by atoms with Crippen LogP contribution in [0.4, 0.5) is 13.2 Å². The van der Waals surface area contributed by atoms with Crippen LogP contribution in [0.3, 0.4) is 0 Å². The summed E-state index contributed by atoms with van der Waals surface area (Å²) >= 11 is 0. The fourth-order valence-corrected chi connectivity index (χ4v) is 6.12. The molecule has 0 radical (unpaired) electrons. The van der Waals surface area contributed by atoms with E-state index >= 15 is 0 Å². The van der Waals surface area contributed by atoms with E-state index in [4.69, 9.17) is 14.3 Å². The highest BCUT2D eigenvalue weighted by molar-refractivity contribution is 5.92. The van der Waals surface area contributed by atoms with E-state index in [2.05, 4.69) is 20.7 Å². The van der Waals surface area contributed by atoms with Crippen molar-refractivity contribution < 1.29 is 32.2 Å². The maximum atomic E-state index is 13.7. The zero-order chi connectivity index (χ0) is 36.5. The maximum absolute atomic E-state index is 13.7. The number of carbonyl (C=O) groups is 2. The van der Waals surface area contributed by atoms with Crippen molar-refractivity contribution in [3.05, 3.63) is 53.9 Å². The standard InChI is InChI=1S/C25H29F3N2O3.C11H25N3.CH2O/c1-16(32-5)22-19(10-8-12-29-22)23-20(13-24(3,4)15-33-17(2)31)18-9-6-7-11-21(18)30(23)14-25(26,27)28;1-12-13-8-4-2-3-5-9-14-10-6-7-11-14;1-2/h6-12,16H,13-15H2,1-5H3;12-13H,2-11H2,1H3;1H2. The predicted octanol–water partition coefficient (Wildman–Crippen LogP) is 7.29. The summed E-state index contributed by atoms with van der Waals surface area (Å²) < 4.78 is 53.2. The number of para-hydroxylation sites is 1. The van der Waals surface area contributed by atoms with E-state index in [1.165, 1.54) is 76.8 Å². The molecule has 274 valence electrons. The third-order valence-corrected chi connectivity index (χ3v) is 8.47. The zero-order valence-electron chi connectivity index (χ0n) is 30.1. The van der Waals surface area contributed by atoms with Crippen LogP contribution in [0.25, 0.3) is 22.2 Å². The molecule has 12 heteroatoms. The van der Waals surface area contributed by atoms with E-state index in [-0.39, 0.29) is 6.61 Å². The van der Waals surface area contributed by atoms with Gasteiger partial charge in [0.15, 0.2) is 0 Å². The molecule has 2 aromatic heterocycles. The van der Waals surface area contributed by atoms with Gasteiger partial charge in [0, 0.05) is 48.7 Å². The molecule has 1 unspecified atom stereocenters. The average Bonchev–Trinajstić information content (AvgIpc) is 3.70. The molecule has 2 N–H and O–H groups in total. The first kappa shape index (κ1) is 41.8. The highest BCUT2D eigenvalue weighted by Crippen LogP contribution is 2.41. The number of alkyl halides is 3. The Morgan fingerprint density at radius 1 is 1.04 bits per heavy atom.